The number of anilines is 1. The molecule has 3 N–H and O–H groups in total. The molecule has 1 aromatic rings. The van der Waals surface area contributed by atoms with Crippen molar-refractivity contribution in [3.63, 3.8) is 0 Å². The first-order chi connectivity index (χ1) is 8.40. The second-order valence-electron chi connectivity index (χ2n) is 5.19. The molecule has 0 aromatic carbocycles. The molecule has 0 spiro atoms. The largest absolute Gasteiger partial charge is 0.398 e. The third kappa shape index (κ3) is 2.87. The molecule has 102 valence electrons. The van der Waals surface area contributed by atoms with Gasteiger partial charge in [-0.05, 0) is 24.3 Å². The van der Waals surface area contributed by atoms with E-state index in [4.69, 9.17) is 5.73 Å². The van der Waals surface area contributed by atoms with E-state index in [0.29, 0.717) is 21.7 Å². The topological polar surface area (TPSA) is 72.2 Å². The fraction of sp³-hybridized carbons (Fsp3) is 0.667. The fourth-order valence-electron chi connectivity index (χ4n) is 2.48. The van der Waals surface area contributed by atoms with Crippen LogP contribution in [0, 0.1) is 11.8 Å². The molecule has 1 aliphatic carbocycles. The van der Waals surface area contributed by atoms with E-state index in [1.54, 1.807) is 5.38 Å². The molecule has 0 amide bonds. The maximum Gasteiger partial charge on any atom is 0.250 e. The van der Waals surface area contributed by atoms with Crippen molar-refractivity contribution in [2.45, 2.75) is 43.4 Å². The zero-order valence-electron chi connectivity index (χ0n) is 10.7. The Bertz CT molecular complexity index is 510. The van der Waals surface area contributed by atoms with Gasteiger partial charge in [0.25, 0.3) is 0 Å². The van der Waals surface area contributed by atoms with Crippen molar-refractivity contribution in [3.05, 3.63) is 11.4 Å². The molecule has 0 bridgehead atoms. The number of nitrogens with two attached hydrogens (primary N) is 1. The zero-order chi connectivity index (χ0) is 13.3. The Labute approximate surface area is 113 Å². The Morgan fingerprint density at radius 3 is 2.72 bits per heavy atom. The molecule has 1 fully saturated rings. The predicted octanol–water partition coefficient (Wildman–Crippen LogP) is 2.43. The summed E-state index contributed by atoms with van der Waals surface area (Å²) in [6.45, 7) is 4.31. The number of nitrogen functional groups attached to an aromatic ring is 1. The summed E-state index contributed by atoms with van der Waals surface area (Å²) in [5, 5.41) is 1.65. The smallest absolute Gasteiger partial charge is 0.250 e. The molecule has 6 heteroatoms. The highest BCUT2D eigenvalue weighted by atomic mass is 32.2. The summed E-state index contributed by atoms with van der Waals surface area (Å²) in [5.41, 5.74) is 6.08. The number of rotatable bonds is 3. The van der Waals surface area contributed by atoms with Gasteiger partial charge in [-0.15, -0.1) is 11.3 Å². The first-order valence-electron chi connectivity index (χ1n) is 6.26. The molecule has 1 saturated carbocycles. The van der Waals surface area contributed by atoms with Crippen LogP contribution in [0.1, 0.15) is 33.1 Å². The summed E-state index contributed by atoms with van der Waals surface area (Å²) in [6.07, 6.45) is 3.20. The molecule has 0 radical (unpaired) electrons. The van der Waals surface area contributed by atoms with Crippen LogP contribution in [0.3, 0.4) is 0 Å². The van der Waals surface area contributed by atoms with Crippen LogP contribution in [-0.4, -0.2) is 14.5 Å². The fourth-order valence-corrected chi connectivity index (χ4v) is 4.94. The van der Waals surface area contributed by atoms with Crippen molar-refractivity contribution >= 4 is 27.0 Å². The van der Waals surface area contributed by atoms with E-state index < -0.39 is 10.0 Å². The molecular formula is C12H20N2O2S2. The van der Waals surface area contributed by atoms with Gasteiger partial charge in [-0.25, -0.2) is 13.1 Å². The van der Waals surface area contributed by atoms with Crippen LogP contribution < -0.4 is 10.5 Å². The molecule has 0 aliphatic heterocycles. The van der Waals surface area contributed by atoms with E-state index in [0.717, 1.165) is 12.8 Å². The first-order valence-corrected chi connectivity index (χ1v) is 8.63. The monoisotopic (exact) mass is 288 g/mol. The third-order valence-electron chi connectivity index (χ3n) is 3.87. The van der Waals surface area contributed by atoms with Crippen molar-refractivity contribution in [2.75, 3.05) is 5.73 Å². The minimum Gasteiger partial charge on any atom is -0.398 e. The minimum atomic E-state index is -3.41. The predicted molar refractivity (Wildman–Crippen MR) is 75.0 cm³/mol. The van der Waals surface area contributed by atoms with Crippen LogP contribution >= 0.6 is 11.3 Å². The first kappa shape index (κ1) is 13.8. The van der Waals surface area contributed by atoms with Gasteiger partial charge in [0.15, 0.2) is 0 Å². The number of thiophene rings is 1. The summed E-state index contributed by atoms with van der Waals surface area (Å²) in [6, 6.07) is 1.56. The third-order valence-corrected chi connectivity index (χ3v) is 6.82. The lowest BCUT2D eigenvalue weighted by molar-refractivity contribution is 0.227. The van der Waals surface area contributed by atoms with Crippen molar-refractivity contribution in [1.82, 2.24) is 4.72 Å². The number of nitrogens with one attached hydrogen (secondary N) is 1. The maximum absolute atomic E-state index is 12.2. The second-order valence-corrected chi connectivity index (χ2v) is 8.05. The Balaban J connectivity index is 2.13. The zero-order valence-corrected chi connectivity index (χ0v) is 12.4. The lowest BCUT2D eigenvalue weighted by Gasteiger charge is -2.34. The number of hydrogen-bond acceptors (Lipinski definition) is 4. The Kier molecular flexibility index (Phi) is 3.99. The van der Waals surface area contributed by atoms with Gasteiger partial charge in [0.05, 0.1) is 0 Å². The Morgan fingerprint density at radius 1 is 1.39 bits per heavy atom. The SMILES string of the molecule is CC1CCCC(NS(=O)(=O)c2cc(N)cs2)C1C. The molecule has 0 saturated heterocycles. The molecular weight excluding hydrogens is 268 g/mol. The summed E-state index contributed by atoms with van der Waals surface area (Å²) >= 11 is 1.17. The lowest BCUT2D eigenvalue weighted by atomic mass is 9.78. The van der Waals surface area contributed by atoms with Crippen LogP contribution in [0.15, 0.2) is 15.7 Å². The van der Waals surface area contributed by atoms with Crippen molar-refractivity contribution in [2.24, 2.45) is 11.8 Å². The van der Waals surface area contributed by atoms with Crippen LogP contribution in [0.5, 0.6) is 0 Å². The van der Waals surface area contributed by atoms with Gasteiger partial charge < -0.3 is 5.73 Å². The van der Waals surface area contributed by atoms with E-state index in [2.05, 4.69) is 18.6 Å². The Morgan fingerprint density at radius 2 is 2.11 bits per heavy atom. The molecule has 4 nitrogen and oxygen atoms in total. The van der Waals surface area contributed by atoms with Gasteiger partial charge in [0.1, 0.15) is 4.21 Å². The van der Waals surface area contributed by atoms with Gasteiger partial charge in [0.2, 0.25) is 10.0 Å². The number of sulfonamides is 1. The van der Waals surface area contributed by atoms with E-state index in [1.807, 2.05) is 0 Å². The highest BCUT2D eigenvalue weighted by Gasteiger charge is 2.31. The van der Waals surface area contributed by atoms with E-state index >= 15 is 0 Å². The minimum absolute atomic E-state index is 0.0436. The molecule has 3 unspecified atom stereocenters. The van der Waals surface area contributed by atoms with Crippen LogP contribution in [0.25, 0.3) is 0 Å². The van der Waals surface area contributed by atoms with Crippen molar-refractivity contribution in [1.29, 1.82) is 0 Å². The van der Waals surface area contributed by atoms with Gasteiger partial charge >= 0.3 is 0 Å². The van der Waals surface area contributed by atoms with Crippen molar-refractivity contribution < 1.29 is 8.42 Å². The van der Waals surface area contributed by atoms with Gasteiger partial charge in [-0.1, -0.05) is 26.7 Å². The molecule has 3 atom stereocenters. The average Bonchev–Trinajstić information content (AvgIpc) is 2.72. The maximum atomic E-state index is 12.2. The summed E-state index contributed by atoms with van der Waals surface area (Å²) < 4.78 is 27.6. The molecule has 2 rings (SSSR count). The highest BCUT2D eigenvalue weighted by molar-refractivity contribution is 7.91. The number of hydrogen-bond donors (Lipinski definition) is 2. The normalized spacial score (nSPS) is 29.3. The second kappa shape index (κ2) is 5.19. The quantitative estimate of drug-likeness (QED) is 0.897. The van der Waals surface area contributed by atoms with Crippen LogP contribution in [0.4, 0.5) is 5.69 Å². The Hall–Kier alpha value is -0.590. The van der Waals surface area contributed by atoms with Gasteiger partial charge in [-0.3, -0.25) is 0 Å². The van der Waals surface area contributed by atoms with Crippen molar-refractivity contribution in [3.8, 4) is 0 Å². The van der Waals surface area contributed by atoms with Gasteiger partial charge in [-0.2, -0.15) is 0 Å². The van der Waals surface area contributed by atoms with Gasteiger partial charge in [0, 0.05) is 17.1 Å². The summed E-state index contributed by atoms with van der Waals surface area (Å²) in [5.74, 6) is 0.950. The summed E-state index contributed by atoms with van der Waals surface area (Å²) in [7, 11) is -3.41. The lowest BCUT2D eigenvalue weighted by Crippen LogP contribution is -2.43. The van der Waals surface area contributed by atoms with E-state index in [-0.39, 0.29) is 6.04 Å². The van der Waals surface area contributed by atoms with Crippen LogP contribution in [-0.2, 0) is 10.0 Å². The average molecular weight is 288 g/mol. The molecule has 18 heavy (non-hydrogen) atoms. The standard InChI is InChI=1S/C12H20N2O2S2/c1-8-4-3-5-11(9(8)2)14-18(15,16)12-6-10(13)7-17-12/h6-9,11,14H,3-5,13H2,1-2H3. The van der Waals surface area contributed by atoms with E-state index in [1.165, 1.54) is 23.8 Å². The summed E-state index contributed by atoms with van der Waals surface area (Å²) in [4.78, 5) is 0. The molecule has 1 aliphatic rings. The highest BCUT2D eigenvalue weighted by Crippen LogP contribution is 2.31. The molecule has 1 heterocycles. The van der Waals surface area contributed by atoms with E-state index in [9.17, 15) is 8.42 Å². The van der Waals surface area contributed by atoms with Crippen LogP contribution in [0.2, 0.25) is 0 Å². The molecule has 1 aromatic heterocycles.